The van der Waals surface area contributed by atoms with Crippen molar-refractivity contribution in [3.63, 3.8) is 0 Å². The van der Waals surface area contributed by atoms with Gasteiger partial charge in [0.25, 0.3) is 0 Å². The van der Waals surface area contributed by atoms with E-state index < -0.39 is 0 Å². The van der Waals surface area contributed by atoms with Crippen molar-refractivity contribution in [1.82, 2.24) is 4.81 Å². The van der Waals surface area contributed by atoms with E-state index >= 15 is 0 Å². The fraction of sp³-hybridized carbons (Fsp3) is 0.875. The highest BCUT2D eigenvalue weighted by molar-refractivity contribution is 6.15. The third-order valence-electron chi connectivity index (χ3n) is 2.40. The molecule has 0 N–H and O–H groups in total. The Morgan fingerprint density at radius 3 is 2.36 bits per heavy atom. The van der Waals surface area contributed by atoms with Crippen molar-refractivity contribution in [1.29, 1.82) is 0 Å². The van der Waals surface area contributed by atoms with E-state index in [1.807, 2.05) is 6.92 Å². The molecule has 1 aliphatic heterocycles. The summed E-state index contributed by atoms with van der Waals surface area (Å²) >= 11 is 0. The maximum atomic E-state index is 11.2. The second-order valence-corrected chi connectivity index (χ2v) is 3.69. The van der Waals surface area contributed by atoms with Crippen LogP contribution >= 0.6 is 0 Å². The lowest BCUT2D eigenvalue weighted by atomic mass is 9.97. The molecule has 0 spiro atoms. The standard InChI is InChI=1S/C8H14BNO/c1-5(2)7-4-6(3)8(11)10(7)9/h5-7H,4H2,1-3H3. The van der Waals surface area contributed by atoms with Crippen LogP contribution in [0.3, 0.4) is 0 Å². The number of hydrogen-bond acceptors (Lipinski definition) is 1. The molecule has 1 saturated heterocycles. The Labute approximate surface area is 69.4 Å². The third kappa shape index (κ3) is 1.42. The molecule has 2 unspecified atom stereocenters. The van der Waals surface area contributed by atoms with Crippen molar-refractivity contribution in [2.45, 2.75) is 33.2 Å². The molecule has 0 aliphatic carbocycles. The number of amides is 1. The average molecular weight is 151 g/mol. The van der Waals surface area contributed by atoms with Gasteiger partial charge in [0.05, 0.1) is 0 Å². The number of hydrogen-bond donors (Lipinski definition) is 0. The molecule has 3 heteroatoms. The summed E-state index contributed by atoms with van der Waals surface area (Å²) in [6, 6.07) is 0.248. The Hall–Kier alpha value is -0.465. The fourth-order valence-corrected chi connectivity index (χ4v) is 1.59. The molecule has 0 aromatic rings. The minimum Gasteiger partial charge on any atom is -0.394 e. The van der Waals surface area contributed by atoms with Gasteiger partial charge < -0.3 is 4.81 Å². The van der Waals surface area contributed by atoms with Gasteiger partial charge in [-0.3, -0.25) is 4.79 Å². The van der Waals surface area contributed by atoms with Gasteiger partial charge in [0, 0.05) is 12.0 Å². The lowest BCUT2D eigenvalue weighted by Gasteiger charge is -2.23. The Kier molecular flexibility index (Phi) is 2.26. The summed E-state index contributed by atoms with van der Waals surface area (Å²) in [6.45, 7) is 6.12. The number of carbonyl (C=O) groups excluding carboxylic acids is 1. The number of carbonyl (C=O) groups is 1. The molecule has 60 valence electrons. The first-order chi connectivity index (χ1) is 5.04. The summed E-state index contributed by atoms with van der Waals surface area (Å²) in [5, 5.41) is 0. The van der Waals surface area contributed by atoms with Crippen molar-refractivity contribution in [2.24, 2.45) is 11.8 Å². The van der Waals surface area contributed by atoms with Gasteiger partial charge in [0.2, 0.25) is 13.9 Å². The Bertz CT molecular complexity index is 169. The van der Waals surface area contributed by atoms with Crippen LogP contribution in [0.15, 0.2) is 0 Å². The van der Waals surface area contributed by atoms with E-state index in [4.69, 9.17) is 7.98 Å². The van der Waals surface area contributed by atoms with E-state index in [0.717, 1.165) is 6.42 Å². The van der Waals surface area contributed by atoms with Crippen molar-refractivity contribution >= 4 is 13.9 Å². The summed E-state index contributed by atoms with van der Waals surface area (Å²) in [4.78, 5) is 12.6. The summed E-state index contributed by atoms with van der Waals surface area (Å²) < 4.78 is 0. The molecule has 0 aromatic heterocycles. The second kappa shape index (κ2) is 2.88. The summed E-state index contributed by atoms with van der Waals surface area (Å²) in [6.07, 6.45) is 0.910. The smallest absolute Gasteiger partial charge is 0.230 e. The summed E-state index contributed by atoms with van der Waals surface area (Å²) in [5.74, 6) is 0.671. The number of nitrogens with zero attached hydrogens (tertiary/aromatic N) is 1. The van der Waals surface area contributed by atoms with Gasteiger partial charge in [-0.25, -0.2) is 0 Å². The first-order valence-electron chi connectivity index (χ1n) is 4.11. The minimum atomic E-state index is 0.0868. The molecule has 0 bridgehead atoms. The van der Waals surface area contributed by atoms with Gasteiger partial charge in [-0.1, -0.05) is 20.8 Å². The molecule has 2 nitrogen and oxygen atoms in total. The second-order valence-electron chi connectivity index (χ2n) is 3.69. The van der Waals surface area contributed by atoms with Crippen molar-refractivity contribution in [2.75, 3.05) is 0 Å². The topological polar surface area (TPSA) is 20.3 Å². The predicted octanol–water partition coefficient (Wildman–Crippen LogP) is 0.963. The van der Waals surface area contributed by atoms with Crippen LogP contribution in [0.2, 0.25) is 0 Å². The predicted molar refractivity (Wildman–Crippen MR) is 45.0 cm³/mol. The molecule has 1 rings (SSSR count). The maximum Gasteiger partial charge on any atom is 0.230 e. The molecule has 0 aromatic carbocycles. The van der Waals surface area contributed by atoms with Crippen molar-refractivity contribution < 1.29 is 4.79 Å². The first kappa shape index (κ1) is 8.63. The van der Waals surface area contributed by atoms with Gasteiger partial charge in [-0.2, -0.15) is 0 Å². The molecule has 11 heavy (non-hydrogen) atoms. The largest absolute Gasteiger partial charge is 0.394 e. The zero-order valence-electron chi connectivity index (χ0n) is 7.37. The van der Waals surface area contributed by atoms with Gasteiger partial charge >= 0.3 is 0 Å². The van der Waals surface area contributed by atoms with Crippen LogP contribution in [0.1, 0.15) is 27.2 Å². The van der Waals surface area contributed by atoms with Crippen LogP contribution in [0.4, 0.5) is 0 Å². The van der Waals surface area contributed by atoms with Crippen LogP contribution in [-0.2, 0) is 4.79 Å². The molecule has 1 fully saturated rings. The van der Waals surface area contributed by atoms with Crippen molar-refractivity contribution in [3.05, 3.63) is 0 Å². The first-order valence-corrected chi connectivity index (χ1v) is 4.11. The van der Waals surface area contributed by atoms with E-state index in [-0.39, 0.29) is 17.9 Å². The Balaban J connectivity index is 2.67. The summed E-state index contributed by atoms with van der Waals surface area (Å²) in [7, 11) is 5.60. The van der Waals surface area contributed by atoms with Crippen LogP contribution in [-0.4, -0.2) is 24.7 Å². The lowest BCUT2D eigenvalue weighted by Crippen LogP contribution is -2.34. The minimum absolute atomic E-state index is 0.0868. The van der Waals surface area contributed by atoms with E-state index in [1.165, 1.54) is 4.81 Å². The summed E-state index contributed by atoms with van der Waals surface area (Å²) in [5.41, 5.74) is 0. The maximum absolute atomic E-state index is 11.2. The highest BCUT2D eigenvalue weighted by Crippen LogP contribution is 2.26. The normalized spacial score (nSPS) is 32.0. The molecule has 1 aliphatic rings. The van der Waals surface area contributed by atoms with Crippen LogP contribution in [0.5, 0.6) is 0 Å². The quantitative estimate of drug-likeness (QED) is 0.511. The fourth-order valence-electron chi connectivity index (χ4n) is 1.59. The van der Waals surface area contributed by atoms with Gasteiger partial charge in [0.1, 0.15) is 0 Å². The van der Waals surface area contributed by atoms with E-state index in [2.05, 4.69) is 13.8 Å². The van der Waals surface area contributed by atoms with Gasteiger partial charge in [-0.05, 0) is 12.3 Å². The highest BCUT2D eigenvalue weighted by atomic mass is 16.2. The highest BCUT2D eigenvalue weighted by Gasteiger charge is 2.34. The van der Waals surface area contributed by atoms with Gasteiger partial charge in [-0.15, -0.1) is 0 Å². The van der Waals surface area contributed by atoms with Crippen LogP contribution in [0.25, 0.3) is 0 Å². The number of rotatable bonds is 1. The van der Waals surface area contributed by atoms with E-state index in [9.17, 15) is 4.79 Å². The molecule has 1 amide bonds. The molecule has 2 atom stereocenters. The van der Waals surface area contributed by atoms with E-state index in [1.54, 1.807) is 0 Å². The van der Waals surface area contributed by atoms with Crippen LogP contribution in [0, 0.1) is 11.8 Å². The van der Waals surface area contributed by atoms with E-state index in [0.29, 0.717) is 5.92 Å². The third-order valence-corrected chi connectivity index (χ3v) is 2.40. The van der Waals surface area contributed by atoms with Gasteiger partial charge in [0.15, 0.2) is 0 Å². The Morgan fingerprint density at radius 1 is 1.64 bits per heavy atom. The monoisotopic (exact) mass is 151 g/mol. The molecular formula is C8H14BNO. The average Bonchev–Trinajstić information content (AvgIpc) is 2.17. The molecule has 1 heterocycles. The van der Waals surface area contributed by atoms with Crippen LogP contribution < -0.4 is 0 Å². The molecule has 0 saturated carbocycles. The zero-order chi connectivity index (χ0) is 8.59. The Morgan fingerprint density at radius 2 is 2.18 bits per heavy atom. The molecule has 2 radical (unpaired) electrons. The molecular weight excluding hydrogens is 137 g/mol. The SMILES string of the molecule is [B]N1C(=O)C(C)CC1C(C)C. The van der Waals surface area contributed by atoms with Crippen molar-refractivity contribution in [3.8, 4) is 0 Å². The zero-order valence-corrected chi connectivity index (χ0v) is 7.37. The lowest BCUT2D eigenvalue weighted by molar-refractivity contribution is -0.127.